The maximum atomic E-state index is 10.4. The summed E-state index contributed by atoms with van der Waals surface area (Å²) in [6.45, 7) is 0. The molecule has 0 fully saturated rings. The minimum absolute atomic E-state index is 0.305. The number of rotatable bonds is 5. The summed E-state index contributed by atoms with van der Waals surface area (Å²) in [6.07, 6.45) is -2.22. The number of aliphatic hydroxyl groups is 2. The number of benzene rings is 1. The van der Waals surface area contributed by atoms with Crippen LogP contribution in [0, 0.1) is 0 Å². The van der Waals surface area contributed by atoms with Gasteiger partial charge in [-0.15, -0.1) is 0 Å². The van der Waals surface area contributed by atoms with Crippen molar-refractivity contribution in [1.82, 2.24) is 0 Å². The number of carboxylic acid groups (broad SMARTS) is 1. The monoisotopic (exact) mass is 239 g/mol. The van der Waals surface area contributed by atoms with Crippen LogP contribution in [0.25, 0.3) is 0 Å². The maximum absolute atomic E-state index is 10.4. The highest BCUT2D eigenvalue weighted by atomic mass is 16.4. The Bertz CT molecular complexity index is 418. The van der Waals surface area contributed by atoms with Gasteiger partial charge in [-0.25, -0.2) is 0 Å². The van der Waals surface area contributed by atoms with E-state index < -0.39 is 24.6 Å². The van der Waals surface area contributed by atoms with Gasteiger partial charge in [0.2, 0.25) is 0 Å². The molecule has 4 N–H and O–H groups in total. The van der Waals surface area contributed by atoms with Crippen LogP contribution in [0.3, 0.4) is 0 Å². The van der Waals surface area contributed by atoms with E-state index in [1.807, 2.05) is 0 Å². The third-order valence-corrected chi connectivity index (χ3v) is 2.26. The quantitative estimate of drug-likeness (QED) is 0.337. The molecule has 0 saturated heterocycles. The lowest BCUT2D eigenvalue weighted by Crippen LogP contribution is -2.22. The van der Waals surface area contributed by atoms with Crippen molar-refractivity contribution in [3.05, 3.63) is 35.4 Å². The third-order valence-electron chi connectivity index (χ3n) is 2.26. The van der Waals surface area contributed by atoms with Gasteiger partial charge in [0.05, 0.1) is 18.7 Å². The fraction of sp³-hybridized carbons (Fsp3) is 0.273. The number of carbonyl (C=O) groups is 1. The first-order valence-electron chi connectivity index (χ1n) is 4.90. The summed E-state index contributed by atoms with van der Waals surface area (Å²) in [7, 11) is 0. The Balaban J connectivity index is 2.94. The van der Waals surface area contributed by atoms with Gasteiger partial charge < -0.3 is 20.5 Å². The Hall–Kier alpha value is -1.92. The molecule has 6 nitrogen and oxygen atoms in total. The smallest absolute Gasteiger partial charge is 0.306 e. The highest BCUT2D eigenvalue weighted by Crippen LogP contribution is 2.21. The largest absolute Gasteiger partial charge is 0.481 e. The van der Waals surface area contributed by atoms with Crippen molar-refractivity contribution in [1.29, 1.82) is 0 Å². The van der Waals surface area contributed by atoms with Crippen LogP contribution < -0.4 is 0 Å². The molecule has 17 heavy (non-hydrogen) atoms. The van der Waals surface area contributed by atoms with Crippen LogP contribution in [0.5, 0.6) is 0 Å². The zero-order chi connectivity index (χ0) is 12.8. The highest BCUT2D eigenvalue weighted by molar-refractivity contribution is 5.81. The summed E-state index contributed by atoms with van der Waals surface area (Å²) in [5.74, 6) is -1.20. The Kier molecular flexibility index (Phi) is 4.62. The highest BCUT2D eigenvalue weighted by Gasteiger charge is 2.22. The molecular weight excluding hydrogens is 226 g/mol. The average Bonchev–Trinajstić information content (AvgIpc) is 2.28. The van der Waals surface area contributed by atoms with E-state index in [-0.39, 0.29) is 0 Å². The molecule has 1 aromatic rings. The van der Waals surface area contributed by atoms with Crippen molar-refractivity contribution in [2.24, 2.45) is 5.16 Å². The van der Waals surface area contributed by atoms with E-state index in [0.717, 1.165) is 6.21 Å². The molecule has 0 radical (unpaired) electrons. The zero-order valence-corrected chi connectivity index (χ0v) is 8.89. The van der Waals surface area contributed by atoms with E-state index >= 15 is 0 Å². The van der Waals surface area contributed by atoms with E-state index in [2.05, 4.69) is 5.16 Å². The molecule has 0 amide bonds. The molecule has 2 atom stereocenters. The fourth-order valence-electron chi connectivity index (χ4n) is 1.46. The number of nitrogens with zero attached hydrogens (tertiary/aromatic N) is 1. The van der Waals surface area contributed by atoms with Gasteiger partial charge in [-0.2, -0.15) is 0 Å². The Morgan fingerprint density at radius 1 is 1.35 bits per heavy atom. The Labute approximate surface area is 97.4 Å². The lowest BCUT2D eigenvalue weighted by molar-refractivity contribution is -0.141. The molecule has 1 aromatic carbocycles. The van der Waals surface area contributed by atoms with Gasteiger partial charge in [-0.3, -0.25) is 4.79 Å². The Morgan fingerprint density at radius 2 is 2.00 bits per heavy atom. The topological polar surface area (TPSA) is 110 Å². The molecule has 1 rings (SSSR count). The summed E-state index contributed by atoms with van der Waals surface area (Å²) >= 11 is 0. The second-order valence-corrected chi connectivity index (χ2v) is 3.48. The maximum Gasteiger partial charge on any atom is 0.306 e. The van der Waals surface area contributed by atoms with Gasteiger partial charge in [0.25, 0.3) is 0 Å². The first-order valence-corrected chi connectivity index (χ1v) is 4.90. The van der Waals surface area contributed by atoms with Gasteiger partial charge in [0.1, 0.15) is 6.10 Å². The third kappa shape index (κ3) is 3.54. The van der Waals surface area contributed by atoms with Crippen LogP contribution in [-0.4, -0.2) is 38.8 Å². The number of carboxylic acids is 1. The van der Waals surface area contributed by atoms with Gasteiger partial charge >= 0.3 is 5.97 Å². The molecule has 0 aliphatic heterocycles. The molecule has 0 bridgehead atoms. The second kappa shape index (κ2) is 5.97. The van der Waals surface area contributed by atoms with Gasteiger partial charge in [-0.05, 0) is 5.56 Å². The summed E-state index contributed by atoms with van der Waals surface area (Å²) in [5, 5.41) is 39.1. The van der Waals surface area contributed by atoms with Crippen molar-refractivity contribution in [3.63, 3.8) is 0 Å². The van der Waals surface area contributed by atoms with Gasteiger partial charge in [0.15, 0.2) is 0 Å². The van der Waals surface area contributed by atoms with Crippen molar-refractivity contribution in [2.75, 3.05) is 0 Å². The van der Waals surface area contributed by atoms with Crippen LogP contribution >= 0.6 is 0 Å². The van der Waals surface area contributed by atoms with Crippen LogP contribution in [0.2, 0.25) is 0 Å². The van der Waals surface area contributed by atoms with E-state index in [1.165, 1.54) is 6.07 Å². The van der Waals surface area contributed by atoms with Crippen molar-refractivity contribution < 1.29 is 25.3 Å². The molecule has 0 aliphatic rings. The van der Waals surface area contributed by atoms with E-state index in [9.17, 15) is 15.0 Å². The fourth-order valence-corrected chi connectivity index (χ4v) is 1.46. The SMILES string of the molecule is O=C(O)CC(O)C(O)c1ccccc1C=NO. The molecule has 2 unspecified atom stereocenters. The van der Waals surface area contributed by atoms with Crippen LogP contribution in [0.1, 0.15) is 23.7 Å². The lowest BCUT2D eigenvalue weighted by Gasteiger charge is -2.18. The molecule has 0 saturated carbocycles. The van der Waals surface area contributed by atoms with Crippen molar-refractivity contribution >= 4 is 12.2 Å². The molecule has 0 heterocycles. The average molecular weight is 239 g/mol. The minimum atomic E-state index is -1.42. The standard InChI is InChI=1S/C11H13NO5/c13-9(5-10(14)15)11(16)8-4-2-1-3-7(8)6-12-17/h1-4,6,9,11,13,16-17H,5H2,(H,14,15). The summed E-state index contributed by atoms with van der Waals surface area (Å²) < 4.78 is 0. The second-order valence-electron chi connectivity index (χ2n) is 3.48. The summed E-state index contributed by atoms with van der Waals surface area (Å²) in [6, 6.07) is 6.38. The molecule has 0 spiro atoms. The number of aliphatic hydroxyl groups excluding tert-OH is 2. The van der Waals surface area contributed by atoms with E-state index in [1.54, 1.807) is 18.2 Å². The number of hydrogen-bond acceptors (Lipinski definition) is 5. The van der Waals surface area contributed by atoms with Crippen molar-refractivity contribution in [3.8, 4) is 0 Å². The minimum Gasteiger partial charge on any atom is -0.481 e. The lowest BCUT2D eigenvalue weighted by atomic mass is 9.98. The van der Waals surface area contributed by atoms with Crippen LogP contribution in [0.4, 0.5) is 0 Å². The predicted molar refractivity (Wildman–Crippen MR) is 59.0 cm³/mol. The normalized spacial score (nSPS) is 14.7. The number of hydrogen-bond donors (Lipinski definition) is 4. The molecular formula is C11H13NO5. The van der Waals surface area contributed by atoms with Crippen LogP contribution in [0.15, 0.2) is 29.4 Å². The molecule has 6 heteroatoms. The molecule has 0 aromatic heterocycles. The predicted octanol–water partition coefficient (Wildman–Crippen LogP) is 0.364. The van der Waals surface area contributed by atoms with E-state index in [0.29, 0.717) is 11.1 Å². The zero-order valence-electron chi connectivity index (χ0n) is 8.89. The number of aliphatic carboxylic acids is 1. The Morgan fingerprint density at radius 3 is 2.59 bits per heavy atom. The first-order chi connectivity index (χ1) is 8.06. The molecule has 92 valence electrons. The van der Waals surface area contributed by atoms with Gasteiger partial charge in [-0.1, -0.05) is 29.4 Å². The van der Waals surface area contributed by atoms with E-state index in [4.69, 9.17) is 10.3 Å². The van der Waals surface area contributed by atoms with Crippen LogP contribution in [-0.2, 0) is 4.79 Å². The molecule has 0 aliphatic carbocycles. The first kappa shape index (κ1) is 13.1. The number of oxime groups is 1. The van der Waals surface area contributed by atoms with Crippen molar-refractivity contribution in [2.45, 2.75) is 18.6 Å². The summed E-state index contributed by atoms with van der Waals surface area (Å²) in [5.41, 5.74) is 0.714. The summed E-state index contributed by atoms with van der Waals surface area (Å²) in [4.78, 5) is 10.4. The van der Waals surface area contributed by atoms with Gasteiger partial charge in [0, 0.05) is 5.56 Å².